The van der Waals surface area contributed by atoms with Gasteiger partial charge in [-0.1, -0.05) is 81.4 Å². The summed E-state index contributed by atoms with van der Waals surface area (Å²) in [6, 6.07) is 20.8. The first-order valence-electron chi connectivity index (χ1n) is 8.42. The highest BCUT2D eigenvalue weighted by Crippen LogP contribution is 2.36. The highest BCUT2D eigenvalue weighted by Gasteiger charge is 2.50. The molecule has 0 radical (unpaired) electrons. The van der Waals surface area contributed by atoms with Crippen molar-refractivity contribution in [1.82, 2.24) is 0 Å². The Balaban J connectivity index is 2.57. The van der Waals surface area contributed by atoms with E-state index in [-0.39, 0.29) is 24.2 Å². The Morgan fingerprint density at radius 1 is 0.833 bits per heavy atom. The predicted octanol–water partition coefficient (Wildman–Crippen LogP) is 2.16. The van der Waals surface area contributed by atoms with Gasteiger partial charge in [-0.05, 0) is 15.4 Å². The van der Waals surface area contributed by atoms with Crippen molar-refractivity contribution >= 4 is 18.7 Å². The number of rotatable bonds is 7. The molecule has 0 amide bonds. The van der Waals surface area contributed by atoms with Crippen molar-refractivity contribution in [1.29, 1.82) is 0 Å². The highest BCUT2D eigenvalue weighted by molar-refractivity contribution is 6.99. The van der Waals surface area contributed by atoms with Crippen LogP contribution in [0.3, 0.4) is 0 Å². The maximum Gasteiger partial charge on any atom is 0.261 e. The van der Waals surface area contributed by atoms with E-state index in [4.69, 9.17) is 4.43 Å². The molecule has 2 aromatic rings. The molecule has 0 saturated carbocycles. The number of hydrogen-bond donors (Lipinski definition) is 2. The van der Waals surface area contributed by atoms with Crippen LogP contribution in [0.4, 0.5) is 0 Å². The molecule has 2 aromatic carbocycles. The zero-order chi connectivity index (χ0) is 17.6. The van der Waals surface area contributed by atoms with Crippen molar-refractivity contribution < 1.29 is 14.6 Å². The number of hydrogen-bond acceptors (Lipinski definition) is 3. The SMILES string of the molecule is CC(C)(C)[Si](OCC(CO)CO)(c1ccccc1)c1ccccc1. The summed E-state index contributed by atoms with van der Waals surface area (Å²) in [4.78, 5) is 0. The molecule has 0 saturated heterocycles. The van der Waals surface area contributed by atoms with E-state index in [2.05, 4.69) is 45.0 Å². The van der Waals surface area contributed by atoms with Crippen LogP contribution in [0.2, 0.25) is 5.04 Å². The molecular formula is C20H28O3Si. The molecule has 4 heteroatoms. The molecule has 3 nitrogen and oxygen atoms in total. The summed E-state index contributed by atoms with van der Waals surface area (Å²) in [6.45, 7) is 6.84. The molecule has 0 unspecified atom stereocenters. The molecule has 0 fully saturated rings. The summed E-state index contributed by atoms with van der Waals surface area (Å²) >= 11 is 0. The van der Waals surface area contributed by atoms with Crippen LogP contribution in [0, 0.1) is 5.92 Å². The molecule has 24 heavy (non-hydrogen) atoms. The van der Waals surface area contributed by atoms with E-state index in [0.29, 0.717) is 6.61 Å². The van der Waals surface area contributed by atoms with Crippen LogP contribution in [0.25, 0.3) is 0 Å². The zero-order valence-electron chi connectivity index (χ0n) is 14.8. The van der Waals surface area contributed by atoms with Crippen LogP contribution < -0.4 is 10.4 Å². The largest absolute Gasteiger partial charge is 0.407 e. The van der Waals surface area contributed by atoms with Crippen molar-refractivity contribution in [2.24, 2.45) is 5.92 Å². The maximum atomic E-state index is 9.44. The van der Waals surface area contributed by atoms with Gasteiger partial charge in [-0.25, -0.2) is 0 Å². The first-order valence-corrected chi connectivity index (χ1v) is 10.3. The molecule has 2 N–H and O–H groups in total. The first kappa shape index (κ1) is 18.9. The minimum Gasteiger partial charge on any atom is -0.407 e. The second kappa shape index (κ2) is 8.08. The Morgan fingerprint density at radius 3 is 1.58 bits per heavy atom. The van der Waals surface area contributed by atoms with Crippen LogP contribution in [-0.4, -0.2) is 38.4 Å². The van der Waals surface area contributed by atoms with Crippen molar-refractivity contribution in [3.8, 4) is 0 Å². The normalized spacial score (nSPS) is 12.6. The molecule has 0 spiro atoms. The van der Waals surface area contributed by atoms with E-state index in [1.54, 1.807) is 0 Å². The van der Waals surface area contributed by atoms with Crippen LogP contribution in [0.15, 0.2) is 60.7 Å². The van der Waals surface area contributed by atoms with Gasteiger partial charge in [0.1, 0.15) is 0 Å². The fraction of sp³-hybridized carbons (Fsp3) is 0.400. The first-order chi connectivity index (χ1) is 11.5. The van der Waals surface area contributed by atoms with Gasteiger partial charge in [0.2, 0.25) is 0 Å². The van der Waals surface area contributed by atoms with Gasteiger partial charge in [0.25, 0.3) is 8.32 Å². The lowest BCUT2D eigenvalue weighted by Gasteiger charge is -2.43. The van der Waals surface area contributed by atoms with Gasteiger partial charge in [-0.2, -0.15) is 0 Å². The van der Waals surface area contributed by atoms with Crippen molar-refractivity contribution in [3.05, 3.63) is 60.7 Å². The Kier molecular flexibility index (Phi) is 6.35. The third-order valence-corrected chi connectivity index (χ3v) is 9.47. The Labute approximate surface area is 146 Å². The summed E-state index contributed by atoms with van der Waals surface area (Å²) in [5.74, 6) is -0.258. The van der Waals surface area contributed by atoms with E-state index < -0.39 is 8.32 Å². The van der Waals surface area contributed by atoms with Crippen molar-refractivity contribution in [3.63, 3.8) is 0 Å². The van der Waals surface area contributed by atoms with Gasteiger partial charge in [-0.3, -0.25) is 0 Å². The molecule has 0 aliphatic rings. The van der Waals surface area contributed by atoms with Gasteiger partial charge in [0, 0.05) is 12.5 Å². The molecule has 0 atom stereocenters. The van der Waals surface area contributed by atoms with E-state index in [9.17, 15) is 10.2 Å². The zero-order valence-corrected chi connectivity index (χ0v) is 15.8. The lowest BCUT2D eigenvalue weighted by Crippen LogP contribution is -2.67. The van der Waals surface area contributed by atoms with Gasteiger partial charge in [0.15, 0.2) is 0 Å². The van der Waals surface area contributed by atoms with E-state index >= 15 is 0 Å². The summed E-state index contributed by atoms with van der Waals surface area (Å²) < 4.78 is 6.63. The highest BCUT2D eigenvalue weighted by atomic mass is 28.4. The van der Waals surface area contributed by atoms with E-state index in [0.717, 1.165) is 0 Å². The maximum absolute atomic E-state index is 9.44. The Morgan fingerprint density at radius 2 is 1.25 bits per heavy atom. The molecule has 0 aliphatic carbocycles. The monoisotopic (exact) mass is 344 g/mol. The minimum absolute atomic E-state index is 0.0747. The molecular weight excluding hydrogens is 316 g/mol. The van der Waals surface area contributed by atoms with Crippen LogP contribution in [0.1, 0.15) is 20.8 Å². The fourth-order valence-corrected chi connectivity index (χ4v) is 7.81. The molecule has 0 aromatic heterocycles. The van der Waals surface area contributed by atoms with Gasteiger partial charge in [-0.15, -0.1) is 0 Å². The lowest BCUT2D eigenvalue weighted by molar-refractivity contribution is 0.102. The van der Waals surface area contributed by atoms with Crippen molar-refractivity contribution in [2.45, 2.75) is 25.8 Å². The second-order valence-electron chi connectivity index (χ2n) is 7.21. The predicted molar refractivity (Wildman–Crippen MR) is 101 cm³/mol. The molecule has 0 heterocycles. The fourth-order valence-electron chi connectivity index (χ4n) is 3.17. The molecule has 0 aliphatic heterocycles. The topological polar surface area (TPSA) is 49.7 Å². The summed E-state index contributed by atoms with van der Waals surface area (Å²) in [5.41, 5.74) is 0. The van der Waals surface area contributed by atoms with Crippen LogP contribution in [0.5, 0.6) is 0 Å². The molecule has 2 rings (SSSR count). The summed E-state index contributed by atoms with van der Waals surface area (Å²) in [7, 11) is -2.57. The van der Waals surface area contributed by atoms with Crippen LogP contribution >= 0.6 is 0 Å². The smallest absolute Gasteiger partial charge is 0.261 e. The number of benzene rings is 2. The summed E-state index contributed by atoms with van der Waals surface area (Å²) in [5, 5.41) is 21.2. The standard InChI is InChI=1S/C20H28O3Si/c1-20(2,3)24(18-10-6-4-7-11-18,19-12-8-5-9-13-19)23-16-17(14-21)15-22/h4-13,17,21-22H,14-16H2,1-3H3. The third kappa shape index (κ3) is 3.78. The average molecular weight is 345 g/mol. The number of aliphatic hydroxyl groups excluding tert-OH is 2. The van der Waals surface area contributed by atoms with Gasteiger partial charge in [0.05, 0.1) is 13.2 Å². The van der Waals surface area contributed by atoms with E-state index in [1.165, 1.54) is 10.4 Å². The van der Waals surface area contributed by atoms with Gasteiger partial charge < -0.3 is 14.6 Å². The lowest BCUT2D eigenvalue weighted by atomic mass is 10.2. The van der Waals surface area contributed by atoms with E-state index in [1.807, 2.05) is 36.4 Å². The molecule has 130 valence electrons. The number of aliphatic hydroxyl groups is 2. The Hall–Kier alpha value is -1.46. The second-order valence-corrected chi connectivity index (χ2v) is 11.5. The van der Waals surface area contributed by atoms with Crippen molar-refractivity contribution in [2.75, 3.05) is 19.8 Å². The average Bonchev–Trinajstić information content (AvgIpc) is 2.59. The third-order valence-electron chi connectivity index (χ3n) is 4.47. The quantitative estimate of drug-likeness (QED) is 0.757. The van der Waals surface area contributed by atoms with Gasteiger partial charge >= 0.3 is 0 Å². The summed E-state index contributed by atoms with van der Waals surface area (Å²) in [6.07, 6.45) is 0. The Bertz CT molecular complexity index is 564. The van der Waals surface area contributed by atoms with Crippen LogP contribution in [-0.2, 0) is 4.43 Å². The molecule has 0 bridgehead atoms. The minimum atomic E-state index is -2.57.